The quantitative estimate of drug-likeness (QED) is 0.873. The summed E-state index contributed by atoms with van der Waals surface area (Å²) in [4.78, 5) is 0.483. The summed E-state index contributed by atoms with van der Waals surface area (Å²) in [6, 6.07) is 3.69. The summed E-state index contributed by atoms with van der Waals surface area (Å²) in [5, 5.41) is 13.1. The minimum absolute atomic E-state index is 0.101. The molecule has 0 spiro atoms. The van der Waals surface area contributed by atoms with Crippen LogP contribution in [0.3, 0.4) is 0 Å². The van der Waals surface area contributed by atoms with Gasteiger partial charge in [-0.2, -0.15) is 0 Å². The Labute approximate surface area is 116 Å². The largest absolute Gasteiger partial charge is 0.394 e. The highest BCUT2D eigenvalue weighted by Crippen LogP contribution is 2.40. The van der Waals surface area contributed by atoms with Gasteiger partial charge in [0.1, 0.15) is 11.6 Å². The maximum Gasteiger partial charge on any atom is 0.139 e. The Morgan fingerprint density at radius 2 is 2.26 bits per heavy atom. The lowest BCUT2D eigenvalue weighted by atomic mass is 9.99. The molecule has 2 N–H and O–H groups in total. The molecule has 1 fully saturated rings. The van der Waals surface area contributed by atoms with Gasteiger partial charge in [-0.1, -0.05) is 6.92 Å². The molecule has 0 amide bonds. The fourth-order valence-electron chi connectivity index (χ4n) is 2.66. The Bertz CT molecular complexity index is 443. The fourth-order valence-corrected chi connectivity index (χ4v) is 3.98. The third-order valence-corrected chi connectivity index (χ3v) is 4.93. The molecular formula is C14H19F2NOS. The Morgan fingerprint density at radius 3 is 2.89 bits per heavy atom. The number of benzene rings is 1. The topological polar surface area (TPSA) is 32.3 Å². The first-order valence-electron chi connectivity index (χ1n) is 6.56. The Kier molecular flexibility index (Phi) is 4.81. The van der Waals surface area contributed by atoms with Crippen molar-refractivity contribution < 1.29 is 13.9 Å². The van der Waals surface area contributed by atoms with Gasteiger partial charge < -0.3 is 10.4 Å². The highest BCUT2D eigenvalue weighted by atomic mass is 32.2. The van der Waals surface area contributed by atoms with E-state index in [0.29, 0.717) is 4.90 Å². The molecule has 2 rings (SSSR count). The molecule has 0 radical (unpaired) electrons. The molecule has 1 aromatic carbocycles. The Morgan fingerprint density at radius 1 is 1.47 bits per heavy atom. The SMILES string of the molecule is CCNC1(CO)CCC(Sc2ccc(F)cc2F)C1. The van der Waals surface area contributed by atoms with E-state index >= 15 is 0 Å². The van der Waals surface area contributed by atoms with Gasteiger partial charge >= 0.3 is 0 Å². The second-order valence-corrected chi connectivity index (χ2v) is 6.37. The molecule has 5 heteroatoms. The van der Waals surface area contributed by atoms with Crippen LogP contribution in [0.4, 0.5) is 8.78 Å². The van der Waals surface area contributed by atoms with Crippen LogP contribution in [0.2, 0.25) is 0 Å². The van der Waals surface area contributed by atoms with E-state index in [2.05, 4.69) is 5.32 Å². The van der Waals surface area contributed by atoms with Crippen LogP contribution in [0.15, 0.2) is 23.1 Å². The molecule has 0 aromatic heterocycles. The van der Waals surface area contributed by atoms with E-state index in [1.165, 1.54) is 23.9 Å². The van der Waals surface area contributed by atoms with Crippen LogP contribution in [0.5, 0.6) is 0 Å². The number of rotatable bonds is 5. The minimum atomic E-state index is -0.550. The molecular weight excluding hydrogens is 268 g/mol. The van der Waals surface area contributed by atoms with Crippen molar-refractivity contribution in [2.45, 2.75) is 41.9 Å². The summed E-state index contributed by atoms with van der Waals surface area (Å²) in [5.41, 5.74) is -0.233. The normalized spacial score (nSPS) is 26.8. The van der Waals surface area contributed by atoms with Crippen molar-refractivity contribution in [3.05, 3.63) is 29.8 Å². The molecule has 2 nitrogen and oxygen atoms in total. The van der Waals surface area contributed by atoms with E-state index in [1.54, 1.807) is 0 Å². The Balaban J connectivity index is 2.01. The van der Waals surface area contributed by atoms with Crippen LogP contribution in [0.1, 0.15) is 26.2 Å². The standard InChI is InChI=1S/C14H19F2NOS/c1-2-17-14(9-18)6-5-11(8-14)19-13-4-3-10(15)7-12(13)16/h3-4,7,11,17-18H,2,5-6,8-9H2,1H3. The van der Waals surface area contributed by atoms with Crippen LogP contribution in [-0.2, 0) is 0 Å². The van der Waals surface area contributed by atoms with Crippen molar-refractivity contribution in [2.75, 3.05) is 13.2 Å². The van der Waals surface area contributed by atoms with Crippen molar-refractivity contribution in [2.24, 2.45) is 0 Å². The zero-order valence-corrected chi connectivity index (χ0v) is 11.8. The highest BCUT2D eigenvalue weighted by Gasteiger charge is 2.38. The zero-order chi connectivity index (χ0) is 13.9. The predicted octanol–water partition coefficient (Wildman–Crippen LogP) is 2.95. The van der Waals surface area contributed by atoms with Crippen LogP contribution < -0.4 is 5.32 Å². The van der Waals surface area contributed by atoms with E-state index < -0.39 is 11.6 Å². The molecule has 1 saturated carbocycles. The van der Waals surface area contributed by atoms with Gasteiger partial charge in [-0.25, -0.2) is 8.78 Å². The van der Waals surface area contributed by atoms with Crippen molar-refractivity contribution in [3.63, 3.8) is 0 Å². The van der Waals surface area contributed by atoms with Gasteiger partial charge in [0, 0.05) is 21.8 Å². The third-order valence-electron chi connectivity index (χ3n) is 3.61. The molecule has 106 valence electrons. The molecule has 0 heterocycles. The number of aliphatic hydroxyl groups excluding tert-OH is 1. The maximum absolute atomic E-state index is 13.6. The third kappa shape index (κ3) is 3.46. The van der Waals surface area contributed by atoms with Gasteiger partial charge in [-0.3, -0.25) is 0 Å². The lowest BCUT2D eigenvalue weighted by Crippen LogP contribution is -2.46. The van der Waals surface area contributed by atoms with Crippen LogP contribution >= 0.6 is 11.8 Å². The number of aliphatic hydroxyl groups is 1. The van der Waals surface area contributed by atoms with Crippen molar-refractivity contribution in [3.8, 4) is 0 Å². The zero-order valence-electron chi connectivity index (χ0n) is 11.0. The first-order valence-corrected chi connectivity index (χ1v) is 7.44. The number of nitrogens with one attached hydrogen (secondary N) is 1. The number of hydrogen-bond acceptors (Lipinski definition) is 3. The average molecular weight is 287 g/mol. The number of likely N-dealkylation sites (N-methyl/N-ethyl adjacent to an activating group) is 1. The van der Waals surface area contributed by atoms with E-state index in [0.717, 1.165) is 31.9 Å². The van der Waals surface area contributed by atoms with E-state index in [1.807, 2.05) is 6.92 Å². The summed E-state index contributed by atoms with van der Waals surface area (Å²) in [6.45, 7) is 2.92. The lowest BCUT2D eigenvalue weighted by Gasteiger charge is -2.28. The van der Waals surface area contributed by atoms with Crippen molar-refractivity contribution in [1.82, 2.24) is 5.32 Å². The van der Waals surface area contributed by atoms with Gasteiger partial charge in [0.2, 0.25) is 0 Å². The molecule has 1 aliphatic carbocycles. The molecule has 0 bridgehead atoms. The van der Waals surface area contributed by atoms with Crippen LogP contribution in [0.25, 0.3) is 0 Å². The lowest BCUT2D eigenvalue weighted by molar-refractivity contribution is 0.167. The van der Waals surface area contributed by atoms with Gasteiger partial charge in [-0.05, 0) is 37.9 Å². The molecule has 1 aromatic rings. The summed E-state index contributed by atoms with van der Waals surface area (Å²) >= 11 is 1.44. The maximum atomic E-state index is 13.6. The van der Waals surface area contributed by atoms with Gasteiger partial charge in [-0.15, -0.1) is 11.8 Å². The molecule has 19 heavy (non-hydrogen) atoms. The fraction of sp³-hybridized carbons (Fsp3) is 0.571. The van der Waals surface area contributed by atoms with E-state index in [-0.39, 0.29) is 17.4 Å². The molecule has 2 unspecified atom stereocenters. The molecule has 1 aliphatic rings. The minimum Gasteiger partial charge on any atom is -0.394 e. The monoisotopic (exact) mass is 287 g/mol. The number of thioether (sulfide) groups is 1. The van der Waals surface area contributed by atoms with Crippen LogP contribution in [-0.4, -0.2) is 29.0 Å². The highest BCUT2D eigenvalue weighted by molar-refractivity contribution is 8.00. The molecule has 0 saturated heterocycles. The van der Waals surface area contributed by atoms with Gasteiger partial charge in [0.05, 0.1) is 6.61 Å². The molecule has 2 atom stereocenters. The first kappa shape index (κ1) is 14.8. The average Bonchev–Trinajstić information content (AvgIpc) is 2.77. The summed E-state index contributed by atoms with van der Waals surface area (Å²) in [6.07, 6.45) is 2.62. The summed E-state index contributed by atoms with van der Waals surface area (Å²) < 4.78 is 26.4. The van der Waals surface area contributed by atoms with Gasteiger partial charge in [0.25, 0.3) is 0 Å². The number of hydrogen-bond donors (Lipinski definition) is 2. The predicted molar refractivity (Wildman–Crippen MR) is 73.3 cm³/mol. The van der Waals surface area contributed by atoms with Crippen LogP contribution in [0, 0.1) is 11.6 Å². The van der Waals surface area contributed by atoms with E-state index in [9.17, 15) is 13.9 Å². The van der Waals surface area contributed by atoms with Crippen molar-refractivity contribution in [1.29, 1.82) is 0 Å². The Hall–Kier alpha value is -0.650. The summed E-state index contributed by atoms with van der Waals surface area (Å²) in [7, 11) is 0. The second kappa shape index (κ2) is 6.20. The smallest absolute Gasteiger partial charge is 0.139 e. The van der Waals surface area contributed by atoms with Gasteiger partial charge in [0.15, 0.2) is 0 Å². The summed E-state index contributed by atoms with van der Waals surface area (Å²) in [5.74, 6) is -1.06. The first-order chi connectivity index (χ1) is 9.08. The number of halogens is 2. The van der Waals surface area contributed by atoms with Crippen molar-refractivity contribution >= 4 is 11.8 Å². The second-order valence-electron chi connectivity index (χ2n) is 5.03. The van der Waals surface area contributed by atoms with E-state index in [4.69, 9.17) is 0 Å². The molecule has 0 aliphatic heterocycles.